The molecular formula is C18H23N3O4. The quantitative estimate of drug-likeness (QED) is 0.890. The fourth-order valence-corrected chi connectivity index (χ4v) is 2.87. The normalized spacial score (nSPS) is 20.3. The van der Waals surface area contributed by atoms with Gasteiger partial charge in [0, 0.05) is 17.7 Å². The maximum Gasteiger partial charge on any atom is 0.225 e. The first-order valence-corrected chi connectivity index (χ1v) is 8.41. The fraction of sp³-hybridized carbons (Fsp3) is 0.500. The number of nitrogens with one attached hydrogen (secondary N) is 1. The molecule has 0 aliphatic carbocycles. The van der Waals surface area contributed by atoms with Crippen LogP contribution < -0.4 is 10.1 Å². The summed E-state index contributed by atoms with van der Waals surface area (Å²) in [6.07, 6.45) is 2.50. The Labute approximate surface area is 146 Å². The van der Waals surface area contributed by atoms with Crippen molar-refractivity contribution in [1.82, 2.24) is 15.5 Å². The van der Waals surface area contributed by atoms with Crippen LogP contribution in [0.1, 0.15) is 29.1 Å². The van der Waals surface area contributed by atoms with Crippen molar-refractivity contribution in [3.8, 4) is 5.75 Å². The number of carbonyl (C=O) groups excluding carboxylic acids is 1. The Kier molecular flexibility index (Phi) is 5.33. The number of hydrogen-bond acceptors (Lipinski definition) is 6. The van der Waals surface area contributed by atoms with E-state index in [-0.39, 0.29) is 24.5 Å². The summed E-state index contributed by atoms with van der Waals surface area (Å²) in [5.74, 6) is 1.27. The third-order valence-electron chi connectivity index (χ3n) is 4.33. The zero-order chi connectivity index (χ0) is 17.8. The zero-order valence-corrected chi connectivity index (χ0v) is 14.7. The topological polar surface area (TPSA) is 86.5 Å². The molecule has 1 saturated heterocycles. The number of amides is 1. The van der Waals surface area contributed by atoms with Gasteiger partial charge in [0.05, 0.1) is 37.6 Å². The van der Waals surface area contributed by atoms with Gasteiger partial charge in [-0.2, -0.15) is 0 Å². The Hall–Kier alpha value is -2.41. The Balaban J connectivity index is 1.62. The number of aromatic nitrogens is 2. The molecule has 2 aromatic rings. The molecule has 0 spiro atoms. The highest BCUT2D eigenvalue weighted by Crippen LogP contribution is 2.18. The van der Waals surface area contributed by atoms with Crippen LogP contribution in [-0.4, -0.2) is 41.4 Å². The Morgan fingerprint density at radius 2 is 2.20 bits per heavy atom. The number of ether oxygens (including phenoxy) is 2. The molecule has 0 unspecified atom stereocenters. The predicted octanol–water partition coefficient (Wildman–Crippen LogP) is 1.89. The minimum Gasteiger partial charge on any atom is -0.486 e. The lowest BCUT2D eigenvalue weighted by molar-refractivity contribution is -0.123. The molecule has 0 radical (unpaired) electrons. The average Bonchev–Trinajstić information content (AvgIpc) is 2.90. The van der Waals surface area contributed by atoms with E-state index in [2.05, 4.69) is 15.5 Å². The van der Waals surface area contributed by atoms with E-state index in [1.165, 1.54) is 0 Å². The van der Waals surface area contributed by atoms with Crippen molar-refractivity contribution in [2.75, 3.05) is 13.2 Å². The van der Waals surface area contributed by atoms with Crippen LogP contribution in [0.3, 0.4) is 0 Å². The van der Waals surface area contributed by atoms with Crippen LogP contribution >= 0.6 is 0 Å². The minimum atomic E-state index is -0.206. The van der Waals surface area contributed by atoms with Crippen LogP contribution in [0.5, 0.6) is 5.75 Å². The van der Waals surface area contributed by atoms with Crippen molar-refractivity contribution >= 4 is 5.91 Å². The highest BCUT2D eigenvalue weighted by atomic mass is 16.5. The molecule has 1 aliphatic heterocycles. The van der Waals surface area contributed by atoms with Crippen LogP contribution in [-0.2, 0) is 16.0 Å². The maximum atomic E-state index is 12.4. The van der Waals surface area contributed by atoms with Crippen molar-refractivity contribution in [2.45, 2.75) is 45.8 Å². The van der Waals surface area contributed by atoms with Crippen molar-refractivity contribution < 1.29 is 18.8 Å². The molecule has 3 rings (SSSR count). The molecule has 25 heavy (non-hydrogen) atoms. The number of hydrogen-bond donors (Lipinski definition) is 1. The molecule has 7 nitrogen and oxygen atoms in total. The van der Waals surface area contributed by atoms with Crippen molar-refractivity contribution in [1.29, 1.82) is 0 Å². The second kappa shape index (κ2) is 7.65. The fourth-order valence-electron chi connectivity index (χ4n) is 2.87. The summed E-state index contributed by atoms with van der Waals surface area (Å²) in [5, 5.41) is 6.90. The Morgan fingerprint density at radius 3 is 2.88 bits per heavy atom. The number of rotatable bonds is 5. The van der Waals surface area contributed by atoms with Crippen molar-refractivity contribution in [3.05, 3.63) is 41.0 Å². The smallest absolute Gasteiger partial charge is 0.225 e. The standard InChI is InChI=1S/C18H23N3O4/c1-11-4-5-14(9-19-11)24-17-6-7-23-10-16(17)20-18(22)8-15-12(2)21-25-13(15)3/h4-5,9,16-17H,6-8,10H2,1-3H3,(H,20,22)/t16-,17+/m0/s1. The van der Waals surface area contributed by atoms with Gasteiger partial charge < -0.3 is 19.3 Å². The lowest BCUT2D eigenvalue weighted by atomic mass is 10.1. The van der Waals surface area contributed by atoms with Gasteiger partial charge in [0.25, 0.3) is 0 Å². The molecule has 1 fully saturated rings. The molecule has 2 atom stereocenters. The van der Waals surface area contributed by atoms with Gasteiger partial charge in [-0.25, -0.2) is 0 Å². The van der Waals surface area contributed by atoms with Crippen LogP contribution in [0, 0.1) is 20.8 Å². The minimum absolute atomic E-state index is 0.0967. The lowest BCUT2D eigenvalue weighted by Gasteiger charge is -2.32. The van der Waals surface area contributed by atoms with Gasteiger partial charge >= 0.3 is 0 Å². The maximum absolute atomic E-state index is 12.4. The summed E-state index contributed by atoms with van der Waals surface area (Å²) in [4.78, 5) is 16.7. The highest BCUT2D eigenvalue weighted by Gasteiger charge is 2.29. The molecule has 0 aromatic carbocycles. The molecule has 1 aliphatic rings. The van der Waals surface area contributed by atoms with Gasteiger partial charge in [0.2, 0.25) is 5.91 Å². The van der Waals surface area contributed by atoms with E-state index < -0.39 is 0 Å². The number of carbonyl (C=O) groups is 1. The van der Waals surface area contributed by atoms with Crippen LogP contribution in [0.2, 0.25) is 0 Å². The first-order valence-electron chi connectivity index (χ1n) is 8.41. The largest absolute Gasteiger partial charge is 0.486 e. The molecule has 1 amide bonds. The third kappa shape index (κ3) is 4.36. The second-order valence-electron chi connectivity index (χ2n) is 6.31. The molecular weight excluding hydrogens is 322 g/mol. The summed E-state index contributed by atoms with van der Waals surface area (Å²) in [7, 11) is 0. The lowest BCUT2D eigenvalue weighted by Crippen LogP contribution is -2.52. The van der Waals surface area contributed by atoms with Crippen molar-refractivity contribution in [2.24, 2.45) is 0 Å². The van der Waals surface area contributed by atoms with E-state index in [1.807, 2.05) is 32.9 Å². The van der Waals surface area contributed by atoms with Gasteiger partial charge in [-0.15, -0.1) is 0 Å². The summed E-state index contributed by atoms with van der Waals surface area (Å²) < 4.78 is 16.6. The van der Waals surface area contributed by atoms with Gasteiger partial charge in [-0.1, -0.05) is 5.16 Å². The molecule has 1 N–H and O–H groups in total. The average molecular weight is 345 g/mol. The number of aryl methyl sites for hydroxylation is 3. The van der Waals surface area contributed by atoms with Crippen LogP contribution in [0.25, 0.3) is 0 Å². The SMILES string of the molecule is Cc1ccc(O[C@@H]2CCOC[C@@H]2NC(=O)Cc2c(C)noc2C)cn1. The zero-order valence-electron chi connectivity index (χ0n) is 14.7. The Bertz CT molecular complexity index is 707. The molecule has 7 heteroatoms. The first kappa shape index (κ1) is 17.4. The van der Waals surface area contributed by atoms with E-state index in [0.717, 1.165) is 17.0 Å². The molecule has 3 heterocycles. The van der Waals surface area contributed by atoms with Crippen LogP contribution in [0.15, 0.2) is 22.9 Å². The Morgan fingerprint density at radius 1 is 1.36 bits per heavy atom. The summed E-state index contributed by atoms with van der Waals surface area (Å²) in [6, 6.07) is 3.59. The van der Waals surface area contributed by atoms with Gasteiger partial charge in [0.1, 0.15) is 17.6 Å². The first-order chi connectivity index (χ1) is 12.0. The third-order valence-corrected chi connectivity index (χ3v) is 4.33. The molecule has 0 saturated carbocycles. The highest BCUT2D eigenvalue weighted by molar-refractivity contribution is 5.79. The number of nitrogens with zero attached hydrogens (tertiary/aromatic N) is 2. The predicted molar refractivity (Wildman–Crippen MR) is 90.4 cm³/mol. The molecule has 0 bridgehead atoms. The number of pyridine rings is 1. The van der Waals surface area contributed by atoms with E-state index in [1.54, 1.807) is 6.20 Å². The second-order valence-corrected chi connectivity index (χ2v) is 6.31. The van der Waals surface area contributed by atoms with E-state index in [9.17, 15) is 4.79 Å². The van der Waals surface area contributed by atoms with Gasteiger partial charge in [-0.3, -0.25) is 9.78 Å². The van der Waals surface area contributed by atoms with E-state index >= 15 is 0 Å². The van der Waals surface area contributed by atoms with Crippen molar-refractivity contribution in [3.63, 3.8) is 0 Å². The monoisotopic (exact) mass is 345 g/mol. The summed E-state index contributed by atoms with van der Waals surface area (Å²) in [5.41, 5.74) is 2.50. The van der Waals surface area contributed by atoms with Gasteiger partial charge in [0.15, 0.2) is 0 Å². The van der Waals surface area contributed by atoms with Gasteiger partial charge in [-0.05, 0) is 32.9 Å². The summed E-state index contributed by atoms with van der Waals surface area (Å²) >= 11 is 0. The molecule has 2 aromatic heterocycles. The van der Waals surface area contributed by atoms with E-state index in [0.29, 0.717) is 31.1 Å². The summed E-state index contributed by atoms with van der Waals surface area (Å²) in [6.45, 7) is 6.61. The van der Waals surface area contributed by atoms with E-state index in [4.69, 9.17) is 14.0 Å². The molecule has 134 valence electrons. The van der Waals surface area contributed by atoms with Crippen LogP contribution in [0.4, 0.5) is 0 Å².